The van der Waals surface area contributed by atoms with E-state index in [4.69, 9.17) is 5.11 Å². The lowest BCUT2D eigenvalue weighted by molar-refractivity contribution is 0.342. The lowest BCUT2D eigenvalue weighted by atomic mass is 10.6. The molecule has 42 valence electrons. The number of allylic oxidation sites excluding steroid dienone is 1. The van der Waals surface area contributed by atoms with Gasteiger partial charge >= 0.3 is 0 Å². The standard InChI is InChI=1S/C4H6Br2O/c5-4(6)2-1-3-7/h1-2,4,7H,3H2. The first-order valence-electron chi connectivity index (χ1n) is 1.83. The molecule has 0 saturated carbocycles. The van der Waals surface area contributed by atoms with E-state index in [1.807, 2.05) is 0 Å². The maximum atomic E-state index is 8.19. The molecule has 0 aliphatic rings. The topological polar surface area (TPSA) is 20.2 Å². The Labute approximate surface area is 59.7 Å². The number of aliphatic hydroxyl groups is 1. The molecule has 0 heterocycles. The van der Waals surface area contributed by atoms with Gasteiger partial charge in [0.15, 0.2) is 0 Å². The van der Waals surface area contributed by atoms with Crippen molar-refractivity contribution in [2.24, 2.45) is 0 Å². The molecular formula is C4H6Br2O. The summed E-state index contributed by atoms with van der Waals surface area (Å²) in [6, 6.07) is 0. The van der Waals surface area contributed by atoms with Gasteiger partial charge in [-0.05, 0) is 0 Å². The van der Waals surface area contributed by atoms with E-state index in [2.05, 4.69) is 31.9 Å². The highest BCUT2D eigenvalue weighted by Gasteiger charge is 1.83. The van der Waals surface area contributed by atoms with Gasteiger partial charge in [0, 0.05) is 0 Å². The first-order chi connectivity index (χ1) is 3.27. The summed E-state index contributed by atoms with van der Waals surface area (Å²) in [6.45, 7) is 0.105. The highest BCUT2D eigenvalue weighted by molar-refractivity contribution is 9.24. The SMILES string of the molecule is OCC=CC(Br)Br. The van der Waals surface area contributed by atoms with Crippen molar-refractivity contribution in [3.8, 4) is 0 Å². The van der Waals surface area contributed by atoms with Gasteiger partial charge in [0.2, 0.25) is 0 Å². The molecule has 0 amide bonds. The van der Waals surface area contributed by atoms with E-state index in [0.29, 0.717) is 0 Å². The average Bonchev–Trinajstić information content (AvgIpc) is 1.61. The van der Waals surface area contributed by atoms with E-state index < -0.39 is 0 Å². The molecule has 0 aromatic heterocycles. The maximum absolute atomic E-state index is 8.19. The van der Waals surface area contributed by atoms with Crippen LogP contribution in [-0.2, 0) is 0 Å². The monoisotopic (exact) mass is 228 g/mol. The van der Waals surface area contributed by atoms with Crippen LogP contribution in [0.2, 0.25) is 0 Å². The lowest BCUT2D eigenvalue weighted by Crippen LogP contribution is -1.76. The molecule has 1 N–H and O–H groups in total. The van der Waals surface area contributed by atoms with Crippen molar-refractivity contribution in [3.05, 3.63) is 12.2 Å². The van der Waals surface area contributed by atoms with E-state index >= 15 is 0 Å². The molecule has 0 aromatic carbocycles. The smallest absolute Gasteiger partial charge is 0.0878 e. The van der Waals surface area contributed by atoms with Gasteiger partial charge in [0.05, 0.1) is 10.3 Å². The number of halogens is 2. The molecule has 1 nitrogen and oxygen atoms in total. The Morgan fingerprint density at radius 1 is 1.57 bits per heavy atom. The summed E-state index contributed by atoms with van der Waals surface area (Å²) >= 11 is 6.39. The van der Waals surface area contributed by atoms with Crippen molar-refractivity contribution < 1.29 is 5.11 Å². The summed E-state index contributed by atoms with van der Waals surface area (Å²) in [6.07, 6.45) is 3.47. The second-order valence-electron chi connectivity index (χ2n) is 0.945. The van der Waals surface area contributed by atoms with Crippen LogP contribution in [0.3, 0.4) is 0 Å². The Kier molecular flexibility index (Phi) is 5.26. The molecule has 0 atom stereocenters. The van der Waals surface area contributed by atoms with Crippen LogP contribution in [0.1, 0.15) is 0 Å². The molecule has 7 heavy (non-hydrogen) atoms. The summed E-state index contributed by atoms with van der Waals surface area (Å²) in [7, 11) is 0. The van der Waals surface area contributed by atoms with Crippen molar-refractivity contribution in [2.75, 3.05) is 6.61 Å². The number of hydrogen-bond donors (Lipinski definition) is 1. The summed E-state index contributed by atoms with van der Waals surface area (Å²) < 4.78 is 0.187. The van der Waals surface area contributed by atoms with Crippen LogP contribution in [0.4, 0.5) is 0 Å². The van der Waals surface area contributed by atoms with Crippen molar-refractivity contribution in [1.82, 2.24) is 0 Å². The minimum Gasteiger partial charge on any atom is -0.392 e. The minimum atomic E-state index is 0.105. The molecule has 0 aliphatic heterocycles. The van der Waals surface area contributed by atoms with Crippen LogP contribution in [0.25, 0.3) is 0 Å². The van der Waals surface area contributed by atoms with Gasteiger partial charge in [-0.2, -0.15) is 0 Å². The third-order valence-electron chi connectivity index (χ3n) is 0.387. The zero-order valence-electron chi connectivity index (χ0n) is 3.64. The zero-order valence-corrected chi connectivity index (χ0v) is 6.81. The first-order valence-corrected chi connectivity index (χ1v) is 3.66. The number of rotatable bonds is 2. The minimum absolute atomic E-state index is 0.105. The van der Waals surface area contributed by atoms with Crippen LogP contribution >= 0.6 is 31.9 Å². The number of alkyl halides is 2. The second kappa shape index (κ2) is 4.81. The van der Waals surface area contributed by atoms with Crippen molar-refractivity contribution in [2.45, 2.75) is 3.74 Å². The van der Waals surface area contributed by atoms with Gasteiger partial charge in [0.1, 0.15) is 0 Å². The van der Waals surface area contributed by atoms with Crippen molar-refractivity contribution in [3.63, 3.8) is 0 Å². The number of aliphatic hydroxyl groups excluding tert-OH is 1. The van der Waals surface area contributed by atoms with Crippen LogP contribution < -0.4 is 0 Å². The van der Waals surface area contributed by atoms with Crippen LogP contribution in [0, 0.1) is 0 Å². The van der Waals surface area contributed by atoms with Gasteiger partial charge in [0.25, 0.3) is 0 Å². The van der Waals surface area contributed by atoms with Crippen LogP contribution in [-0.4, -0.2) is 15.4 Å². The fourth-order valence-electron chi connectivity index (χ4n) is 0.164. The Balaban J connectivity index is 3.08. The van der Waals surface area contributed by atoms with E-state index in [1.165, 1.54) is 0 Å². The Morgan fingerprint density at radius 3 is 2.29 bits per heavy atom. The fourth-order valence-corrected chi connectivity index (χ4v) is 0.595. The third-order valence-corrected chi connectivity index (χ3v) is 0.997. The van der Waals surface area contributed by atoms with Gasteiger partial charge < -0.3 is 5.11 Å². The largest absolute Gasteiger partial charge is 0.392 e. The molecule has 0 saturated heterocycles. The fraction of sp³-hybridized carbons (Fsp3) is 0.500. The third kappa shape index (κ3) is 6.66. The Morgan fingerprint density at radius 2 is 2.14 bits per heavy atom. The van der Waals surface area contributed by atoms with Crippen molar-refractivity contribution >= 4 is 31.9 Å². The average molecular weight is 230 g/mol. The van der Waals surface area contributed by atoms with E-state index in [1.54, 1.807) is 12.2 Å². The second-order valence-corrected chi connectivity index (χ2v) is 4.15. The first kappa shape index (κ1) is 7.66. The van der Waals surface area contributed by atoms with E-state index in [0.717, 1.165) is 0 Å². The summed E-state index contributed by atoms with van der Waals surface area (Å²) in [5, 5.41) is 8.19. The molecule has 3 heteroatoms. The molecule has 0 fully saturated rings. The van der Waals surface area contributed by atoms with Gasteiger partial charge in [-0.15, -0.1) is 0 Å². The molecule has 0 bridgehead atoms. The molecule has 0 aromatic rings. The van der Waals surface area contributed by atoms with Gasteiger partial charge in [-0.25, -0.2) is 0 Å². The summed E-state index contributed by atoms with van der Waals surface area (Å²) in [4.78, 5) is 0. The van der Waals surface area contributed by atoms with Crippen molar-refractivity contribution in [1.29, 1.82) is 0 Å². The molecule has 0 spiro atoms. The molecular weight excluding hydrogens is 224 g/mol. The van der Waals surface area contributed by atoms with Gasteiger partial charge in [-0.3, -0.25) is 0 Å². The highest BCUT2D eigenvalue weighted by Crippen LogP contribution is 2.07. The maximum Gasteiger partial charge on any atom is 0.0878 e. The highest BCUT2D eigenvalue weighted by atomic mass is 79.9. The predicted molar refractivity (Wildman–Crippen MR) is 37.9 cm³/mol. The number of hydrogen-bond acceptors (Lipinski definition) is 1. The summed E-state index contributed by atoms with van der Waals surface area (Å²) in [5.41, 5.74) is 0. The molecule has 0 radical (unpaired) electrons. The predicted octanol–water partition coefficient (Wildman–Crippen LogP) is 1.65. The molecule has 0 rings (SSSR count). The van der Waals surface area contributed by atoms with Gasteiger partial charge in [-0.1, -0.05) is 44.0 Å². The normalized spacial score (nSPS) is 11.4. The van der Waals surface area contributed by atoms with Crippen LogP contribution in [0.5, 0.6) is 0 Å². The molecule has 0 unspecified atom stereocenters. The Bertz CT molecular complexity index is 60.7. The Hall–Kier alpha value is 0.660. The van der Waals surface area contributed by atoms with E-state index in [9.17, 15) is 0 Å². The molecule has 0 aliphatic carbocycles. The van der Waals surface area contributed by atoms with Crippen LogP contribution in [0.15, 0.2) is 12.2 Å². The quantitative estimate of drug-likeness (QED) is 0.564. The lowest BCUT2D eigenvalue weighted by Gasteiger charge is -1.84. The van der Waals surface area contributed by atoms with E-state index in [-0.39, 0.29) is 10.3 Å². The summed E-state index contributed by atoms with van der Waals surface area (Å²) in [5.74, 6) is 0. The zero-order chi connectivity index (χ0) is 5.70.